The number of rotatable bonds is 12. The van der Waals surface area contributed by atoms with Crippen molar-refractivity contribution in [3.8, 4) is 0 Å². The fourth-order valence-electron chi connectivity index (χ4n) is 1.84. The minimum atomic E-state index is -4.06. The van der Waals surface area contributed by atoms with E-state index < -0.39 is 13.9 Å². The van der Waals surface area contributed by atoms with Gasteiger partial charge in [0.1, 0.15) is 0 Å². The number of aliphatic hydroxyl groups excluding tert-OH is 1. The monoisotopic (exact) mass is 339 g/mol. The Bertz CT molecular complexity index is 361. The normalized spacial score (nSPS) is 15.8. The predicted octanol–water partition coefficient (Wildman–Crippen LogP) is 2.22. The van der Waals surface area contributed by atoms with Crippen molar-refractivity contribution in [2.75, 3.05) is 13.2 Å². The summed E-state index contributed by atoms with van der Waals surface area (Å²) >= 11 is 0. The third kappa shape index (κ3) is 12.1. The van der Waals surface area contributed by atoms with Gasteiger partial charge < -0.3 is 15.3 Å². The van der Waals surface area contributed by atoms with Crippen molar-refractivity contribution >= 4 is 13.7 Å². The SMILES string of the molecule is CC(C)NC(=O)CCCCC(CO)COP(=O)(O)OC(C)C. The highest BCUT2D eigenvalue weighted by atomic mass is 31.2. The maximum Gasteiger partial charge on any atom is 0.472 e. The van der Waals surface area contributed by atoms with E-state index in [1.54, 1.807) is 13.8 Å². The molecular formula is C14H30NO6P. The number of hydrogen-bond donors (Lipinski definition) is 3. The summed E-state index contributed by atoms with van der Waals surface area (Å²) in [4.78, 5) is 20.9. The first-order valence-electron chi connectivity index (χ1n) is 7.72. The van der Waals surface area contributed by atoms with Crippen LogP contribution in [0.4, 0.5) is 0 Å². The molecule has 3 N–H and O–H groups in total. The minimum Gasteiger partial charge on any atom is -0.396 e. The molecule has 0 bridgehead atoms. The van der Waals surface area contributed by atoms with E-state index in [-0.39, 0.29) is 31.1 Å². The molecule has 0 aromatic rings. The van der Waals surface area contributed by atoms with Gasteiger partial charge in [0.05, 0.1) is 12.7 Å². The molecule has 2 atom stereocenters. The molecule has 0 aliphatic heterocycles. The van der Waals surface area contributed by atoms with Crippen molar-refractivity contribution in [2.24, 2.45) is 5.92 Å². The number of nitrogens with one attached hydrogen (secondary N) is 1. The zero-order valence-corrected chi connectivity index (χ0v) is 14.8. The third-order valence-corrected chi connectivity index (χ3v) is 3.95. The number of phosphoric acid groups is 1. The molecule has 0 aromatic carbocycles. The van der Waals surface area contributed by atoms with Crippen molar-refractivity contribution in [1.29, 1.82) is 0 Å². The van der Waals surface area contributed by atoms with Crippen LogP contribution in [-0.2, 0) is 18.4 Å². The Balaban J connectivity index is 3.93. The molecule has 0 heterocycles. The van der Waals surface area contributed by atoms with E-state index in [0.717, 1.165) is 6.42 Å². The molecule has 0 saturated heterocycles. The van der Waals surface area contributed by atoms with E-state index in [9.17, 15) is 19.4 Å². The Labute approximate surface area is 133 Å². The van der Waals surface area contributed by atoms with Gasteiger partial charge in [-0.05, 0) is 40.5 Å². The second-order valence-corrected chi connectivity index (χ2v) is 7.34. The van der Waals surface area contributed by atoms with Crippen LogP contribution in [0.25, 0.3) is 0 Å². The second-order valence-electron chi connectivity index (χ2n) is 5.94. The zero-order valence-electron chi connectivity index (χ0n) is 13.9. The molecule has 0 radical (unpaired) electrons. The standard InChI is InChI=1S/C14H30NO6P/c1-11(2)15-14(17)8-6-5-7-13(9-16)10-20-22(18,19)21-12(3)4/h11-13,16H,5-10H2,1-4H3,(H,15,17)(H,18,19). The van der Waals surface area contributed by atoms with Crippen molar-refractivity contribution in [3.05, 3.63) is 0 Å². The summed E-state index contributed by atoms with van der Waals surface area (Å²) in [6.07, 6.45) is 2.08. The fourth-order valence-corrected chi connectivity index (χ4v) is 2.83. The summed E-state index contributed by atoms with van der Waals surface area (Å²) < 4.78 is 21.2. The quantitative estimate of drug-likeness (QED) is 0.372. The van der Waals surface area contributed by atoms with E-state index in [2.05, 4.69) is 5.32 Å². The first-order valence-corrected chi connectivity index (χ1v) is 9.21. The third-order valence-electron chi connectivity index (χ3n) is 2.79. The molecule has 22 heavy (non-hydrogen) atoms. The van der Waals surface area contributed by atoms with Gasteiger partial charge in [-0.2, -0.15) is 0 Å². The van der Waals surface area contributed by atoms with Crippen LogP contribution in [0, 0.1) is 5.92 Å². The Morgan fingerprint density at radius 1 is 1.23 bits per heavy atom. The Kier molecular flexibility index (Phi) is 10.9. The largest absolute Gasteiger partial charge is 0.472 e. The van der Waals surface area contributed by atoms with Gasteiger partial charge in [-0.15, -0.1) is 0 Å². The van der Waals surface area contributed by atoms with E-state index in [4.69, 9.17) is 9.05 Å². The predicted molar refractivity (Wildman–Crippen MR) is 84.3 cm³/mol. The number of carbonyl (C=O) groups is 1. The lowest BCUT2D eigenvalue weighted by atomic mass is 10.0. The molecule has 2 unspecified atom stereocenters. The van der Waals surface area contributed by atoms with E-state index in [1.807, 2.05) is 13.8 Å². The molecule has 0 aliphatic carbocycles. The van der Waals surface area contributed by atoms with Gasteiger partial charge in [0.25, 0.3) is 0 Å². The van der Waals surface area contributed by atoms with Gasteiger partial charge in [0, 0.05) is 25.0 Å². The number of amides is 1. The summed E-state index contributed by atoms with van der Waals surface area (Å²) in [6, 6.07) is 0.130. The van der Waals surface area contributed by atoms with Crippen molar-refractivity contribution in [1.82, 2.24) is 5.32 Å². The van der Waals surface area contributed by atoms with Crippen molar-refractivity contribution < 1.29 is 28.4 Å². The highest BCUT2D eigenvalue weighted by Crippen LogP contribution is 2.44. The lowest BCUT2D eigenvalue weighted by Crippen LogP contribution is -2.29. The van der Waals surface area contributed by atoms with Gasteiger partial charge in [0.2, 0.25) is 5.91 Å². The van der Waals surface area contributed by atoms with Gasteiger partial charge in [-0.1, -0.05) is 6.42 Å². The molecule has 0 aromatic heterocycles. The first kappa shape index (κ1) is 21.5. The van der Waals surface area contributed by atoms with Crippen LogP contribution >= 0.6 is 7.82 Å². The number of unbranched alkanes of at least 4 members (excludes halogenated alkanes) is 1. The minimum absolute atomic E-state index is 0.0111. The van der Waals surface area contributed by atoms with Gasteiger partial charge in [-0.25, -0.2) is 4.57 Å². The van der Waals surface area contributed by atoms with Crippen molar-refractivity contribution in [2.45, 2.75) is 65.5 Å². The lowest BCUT2D eigenvalue weighted by Gasteiger charge is -2.18. The Morgan fingerprint density at radius 3 is 2.36 bits per heavy atom. The molecule has 132 valence electrons. The van der Waals surface area contributed by atoms with E-state index in [1.165, 1.54) is 0 Å². The van der Waals surface area contributed by atoms with Crippen LogP contribution < -0.4 is 5.32 Å². The molecule has 0 spiro atoms. The maximum absolute atomic E-state index is 11.5. The summed E-state index contributed by atoms with van der Waals surface area (Å²) in [6.45, 7) is 6.90. The summed E-state index contributed by atoms with van der Waals surface area (Å²) in [5.74, 6) is -0.235. The summed E-state index contributed by atoms with van der Waals surface area (Å²) in [5.41, 5.74) is 0. The van der Waals surface area contributed by atoms with Gasteiger partial charge >= 0.3 is 7.82 Å². The molecule has 0 rings (SSSR count). The fraction of sp³-hybridized carbons (Fsp3) is 0.929. The topological polar surface area (TPSA) is 105 Å². The molecule has 0 aliphatic rings. The molecule has 0 fully saturated rings. The molecule has 8 heteroatoms. The van der Waals surface area contributed by atoms with Crippen LogP contribution in [0.2, 0.25) is 0 Å². The summed E-state index contributed by atoms with van der Waals surface area (Å²) in [5, 5.41) is 12.1. The molecule has 0 saturated carbocycles. The summed E-state index contributed by atoms with van der Waals surface area (Å²) in [7, 11) is -4.06. The van der Waals surface area contributed by atoms with Crippen LogP contribution in [0.15, 0.2) is 0 Å². The highest BCUT2D eigenvalue weighted by Gasteiger charge is 2.24. The van der Waals surface area contributed by atoms with E-state index >= 15 is 0 Å². The molecular weight excluding hydrogens is 309 g/mol. The molecule has 7 nitrogen and oxygen atoms in total. The maximum atomic E-state index is 11.5. The Morgan fingerprint density at radius 2 is 1.86 bits per heavy atom. The average molecular weight is 339 g/mol. The van der Waals surface area contributed by atoms with Gasteiger partial charge in [0.15, 0.2) is 0 Å². The first-order chi connectivity index (χ1) is 10.2. The number of aliphatic hydroxyl groups is 1. The Hall–Kier alpha value is -0.460. The smallest absolute Gasteiger partial charge is 0.396 e. The molecule has 1 amide bonds. The van der Waals surface area contributed by atoms with Crippen LogP contribution in [0.5, 0.6) is 0 Å². The van der Waals surface area contributed by atoms with Crippen LogP contribution in [0.1, 0.15) is 53.4 Å². The van der Waals surface area contributed by atoms with Crippen LogP contribution in [-0.4, -0.2) is 41.3 Å². The second kappa shape index (κ2) is 11.1. The number of hydrogen-bond acceptors (Lipinski definition) is 5. The van der Waals surface area contributed by atoms with E-state index in [0.29, 0.717) is 19.3 Å². The lowest BCUT2D eigenvalue weighted by molar-refractivity contribution is -0.121. The number of phosphoric ester groups is 1. The average Bonchev–Trinajstić information content (AvgIpc) is 2.35. The number of carbonyl (C=O) groups excluding carboxylic acids is 1. The highest BCUT2D eigenvalue weighted by molar-refractivity contribution is 7.47. The van der Waals surface area contributed by atoms with Gasteiger partial charge in [-0.3, -0.25) is 13.8 Å². The zero-order chi connectivity index (χ0) is 17.2. The van der Waals surface area contributed by atoms with Crippen LogP contribution in [0.3, 0.4) is 0 Å². The van der Waals surface area contributed by atoms with Crippen molar-refractivity contribution in [3.63, 3.8) is 0 Å².